The Morgan fingerprint density at radius 1 is 1.53 bits per heavy atom. The molecule has 90 valence electrons. The van der Waals surface area contributed by atoms with Crippen molar-refractivity contribution in [2.45, 2.75) is 26.2 Å². The predicted octanol–water partition coefficient (Wildman–Crippen LogP) is 2.81. The van der Waals surface area contributed by atoms with Crippen molar-refractivity contribution in [3.8, 4) is 10.7 Å². The summed E-state index contributed by atoms with van der Waals surface area (Å²) in [5.74, 6) is -0.831. The zero-order valence-corrected chi connectivity index (χ0v) is 10.8. The molecule has 2 aromatic rings. The first-order valence-electron chi connectivity index (χ1n) is 5.28. The van der Waals surface area contributed by atoms with Gasteiger partial charge in [0.2, 0.25) is 0 Å². The molecule has 0 radical (unpaired) electrons. The number of carboxylic acid groups (broad SMARTS) is 1. The van der Waals surface area contributed by atoms with Crippen LogP contribution >= 0.6 is 11.3 Å². The van der Waals surface area contributed by atoms with Gasteiger partial charge < -0.3 is 10.1 Å². The Kier molecular flexibility index (Phi) is 2.79. The second kappa shape index (κ2) is 4.00. The third-order valence-corrected chi connectivity index (χ3v) is 4.24. The van der Waals surface area contributed by atoms with Crippen LogP contribution in [0.25, 0.3) is 10.7 Å². The summed E-state index contributed by atoms with van der Waals surface area (Å²) in [6.07, 6.45) is 1.83. The summed E-state index contributed by atoms with van der Waals surface area (Å²) in [5, 5.41) is 10.1. The SMILES string of the molecule is Cc1nc(-c2ccc[nH]2)sc1C(C)(C)C(=O)O. The minimum atomic E-state index is -0.896. The molecule has 0 spiro atoms. The Morgan fingerprint density at radius 3 is 2.76 bits per heavy atom. The number of aromatic nitrogens is 2. The van der Waals surface area contributed by atoms with E-state index in [1.807, 2.05) is 25.3 Å². The van der Waals surface area contributed by atoms with Gasteiger partial charge >= 0.3 is 5.97 Å². The molecule has 4 nitrogen and oxygen atoms in total. The summed E-state index contributed by atoms with van der Waals surface area (Å²) in [6, 6.07) is 3.82. The summed E-state index contributed by atoms with van der Waals surface area (Å²) in [6.45, 7) is 5.26. The third kappa shape index (κ3) is 1.98. The first kappa shape index (κ1) is 11.9. The standard InChI is InChI=1S/C12H14N2O2S/c1-7-9(12(2,3)11(15)16)17-10(14-7)8-5-4-6-13-8/h4-6,13H,1-3H3,(H,15,16). The molecule has 0 aliphatic heterocycles. The molecule has 0 aliphatic rings. The quantitative estimate of drug-likeness (QED) is 0.880. The van der Waals surface area contributed by atoms with Crippen molar-refractivity contribution in [2.24, 2.45) is 0 Å². The summed E-state index contributed by atoms with van der Waals surface area (Å²) in [5.41, 5.74) is 0.810. The van der Waals surface area contributed by atoms with Gasteiger partial charge in [-0.2, -0.15) is 0 Å². The van der Waals surface area contributed by atoms with E-state index in [4.69, 9.17) is 0 Å². The minimum absolute atomic E-state index is 0.784. The van der Waals surface area contributed by atoms with Gasteiger partial charge in [-0.25, -0.2) is 4.98 Å². The van der Waals surface area contributed by atoms with E-state index in [0.29, 0.717) is 0 Å². The molecule has 2 heterocycles. The highest BCUT2D eigenvalue weighted by atomic mass is 32.1. The Morgan fingerprint density at radius 2 is 2.24 bits per heavy atom. The van der Waals surface area contributed by atoms with Crippen molar-refractivity contribution in [1.29, 1.82) is 0 Å². The Labute approximate surface area is 103 Å². The molecule has 0 fully saturated rings. The van der Waals surface area contributed by atoms with Crippen LogP contribution < -0.4 is 0 Å². The van der Waals surface area contributed by atoms with Crippen LogP contribution in [0, 0.1) is 6.92 Å². The molecule has 0 aromatic carbocycles. The zero-order valence-electron chi connectivity index (χ0n) is 9.94. The van der Waals surface area contributed by atoms with E-state index < -0.39 is 11.4 Å². The molecule has 5 heteroatoms. The van der Waals surface area contributed by atoms with E-state index in [1.165, 1.54) is 11.3 Å². The summed E-state index contributed by atoms with van der Waals surface area (Å²) in [7, 11) is 0. The number of aliphatic carboxylic acids is 1. The van der Waals surface area contributed by atoms with Crippen LogP contribution in [-0.4, -0.2) is 21.0 Å². The number of aromatic amines is 1. The van der Waals surface area contributed by atoms with E-state index in [2.05, 4.69) is 9.97 Å². The first-order chi connectivity index (χ1) is 7.93. The van der Waals surface area contributed by atoms with Gasteiger partial charge in [-0.1, -0.05) is 0 Å². The minimum Gasteiger partial charge on any atom is -0.481 e. The van der Waals surface area contributed by atoms with Crippen LogP contribution in [0.5, 0.6) is 0 Å². The molecule has 0 aliphatic carbocycles. The highest BCUT2D eigenvalue weighted by molar-refractivity contribution is 7.15. The van der Waals surface area contributed by atoms with Crippen LogP contribution in [0.3, 0.4) is 0 Å². The average Bonchev–Trinajstić information content (AvgIpc) is 2.85. The highest BCUT2D eigenvalue weighted by Crippen LogP contribution is 2.35. The molecule has 2 rings (SSSR count). The summed E-state index contributed by atoms with van der Waals surface area (Å²) < 4.78 is 0. The Bertz CT molecular complexity index is 541. The van der Waals surface area contributed by atoms with Crippen LogP contribution in [-0.2, 0) is 10.2 Å². The lowest BCUT2D eigenvalue weighted by Crippen LogP contribution is -2.28. The van der Waals surface area contributed by atoms with Gasteiger partial charge in [-0.3, -0.25) is 4.79 Å². The third-order valence-electron chi connectivity index (χ3n) is 2.73. The predicted molar refractivity (Wildman–Crippen MR) is 67.3 cm³/mol. The number of nitrogens with one attached hydrogen (secondary N) is 1. The number of hydrogen-bond acceptors (Lipinski definition) is 3. The van der Waals surface area contributed by atoms with Gasteiger partial charge in [0.05, 0.1) is 16.8 Å². The maximum absolute atomic E-state index is 11.2. The highest BCUT2D eigenvalue weighted by Gasteiger charge is 2.33. The largest absolute Gasteiger partial charge is 0.481 e. The van der Waals surface area contributed by atoms with Gasteiger partial charge in [-0.15, -0.1) is 11.3 Å². The second-order valence-electron chi connectivity index (χ2n) is 4.45. The van der Waals surface area contributed by atoms with Crippen molar-refractivity contribution in [1.82, 2.24) is 9.97 Å². The smallest absolute Gasteiger partial charge is 0.314 e. The molecule has 0 saturated carbocycles. The Hall–Kier alpha value is -1.62. The topological polar surface area (TPSA) is 66.0 Å². The molecule has 2 aromatic heterocycles. The molecule has 17 heavy (non-hydrogen) atoms. The van der Waals surface area contributed by atoms with Crippen LogP contribution in [0.1, 0.15) is 24.4 Å². The maximum atomic E-state index is 11.2. The zero-order chi connectivity index (χ0) is 12.6. The average molecular weight is 250 g/mol. The van der Waals surface area contributed by atoms with Gasteiger partial charge in [0.15, 0.2) is 0 Å². The molecular formula is C12H14N2O2S. The van der Waals surface area contributed by atoms with Crippen molar-refractivity contribution in [2.75, 3.05) is 0 Å². The number of hydrogen-bond donors (Lipinski definition) is 2. The normalized spacial score (nSPS) is 11.7. The number of aryl methyl sites for hydroxylation is 1. The number of nitrogens with zero attached hydrogens (tertiary/aromatic N) is 1. The van der Waals surface area contributed by atoms with Crippen molar-refractivity contribution >= 4 is 17.3 Å². The molecule has 0 amide bonds. The first-order valence-corrected chi connectivity index (χ1v) is 6.09. The number of thiazole rings is 1. The van der Waals surface area contributed by atoms with Crippen LogP contribution in [0.2, 0.25) is 0 Å². The lowest BCUT2D eigenvalue weighted by molar-refractivity contribution is -0.142. The van der Waals surface area contributed by atoms with Gasteiger partial charge in [-0.05, 0) is 32.9 Å². The molecule has 0 unspecified atom stereocenters. The van der Waals surface area contributed by atoms with Crippen LogP contribution in [0.4, 0.5) is 0 Å². The van der Waals surface area contributed by atoms with Gasteiger partial charge in [0.1, 0.15) is 5.01 Å². The van der Waals surface area contributed by atoms with Gasteiger partial charge in [0, 0.05) is 11.1 Å². The number of carboxylic acids is 1. The van der Waals surface area contributed by atoms with E-state index in [1.54, 1.807) is 13.8 Å². The second-order valence-corrected chi connectivity index (χ2v) is 5.45. The molecule has 0 bridgehead atoms. The lowest BCUT2D eigenvalue weighted by Gasteiger charge is -2.17. The lowest BCUT2D eigenvalue weighted by atomic mass is 9.91. The van der Waals surface area contributed by atoms with Crippen LogP contribution in [0.15, 0.2) is 18.3 Å². The fourth-order valence-electron chi connectivity index (χ4n) is 1.65. The fourth-order valence-corrected chi connectivity index (χ4v) is 2.80. The molecule has 2 N–H and O–H groups in total. The summed E-state index contributed by atoms with van der Waals surface area (Å²) >= 11 is 1.43. The van der Waals surface area contributed by atoms with Gasteiger partial charge in [0.25, 0.3) is 0 Å². The van der Waals surface area contributed by atoms with E-state index in [9.17, 15) is 9.90 Å². The number of carbonyl (C=O) groups is 1. The molecular weight excluding hydrogens is 236 g/mol. The molecule has 0 atom stereocenters. The monoisotopic (exact) mass is 250 g/mol. The van der Waals surface area contributed by atoms with E-state index in [-0.39, 0.29) is 0 Å². The summed E-state index contributed by atoms with van der Waals surface area (Å²) in [4.78, 5) is 19.5. The van der Waals surface area contributed by atoms with E-state index in [0.717, 1.165) is 21.3 Å². The maximum Gasteiger partial charge on any atom is 0.314 e. The number of H-pyrrole nitrogens is 1. The molecule has 0 saturated heterocycles. The van der Waals surface area contributed by atoms with Crippen molar-refractivity contribution in [3.63, 3.8) is 0 Å². The van der Waals surface area contributed by atoms with Crippen molar-refractivity contribution in [3.05, 3.63) is 28.9 Å². The Balaban J connectivity index is 2.48. The number of rotatable bonds is 3. The van der Waals surface area contributed by atoms with Crippen molar-refractivity contribution < 1.29 is 9.90 Å². The van der Waals surface area contributed by atoms with E-state index >= 15 is 0 Å². The fraction of sp³-hybridized carbons (Fsp3) is 0.333.